The second-order valence-electron chi connectivity index (χ2n) is 5.76. The SMILES string of the molecule is CNCC1(O)CCC(N(C)Cc2ccncc2)CC1. The van der Waals surface area contributed by atoms with E-state index < -0.39 is 5.60 Å². The molecule has 0 bridgehead atoms. The Morgan fingerprint density at radius 3 is 2.58 bits per heavy atom. The van der Waals surface area contributed by atoms with E-state index in [1.807, 2.05) is 19.4 Å². The molecule has 2 N–H and O–H groups in total. The standard InChI is InChI=1S/C15H25N3O/c1-16-12-15(19)7-3-14(4-8-15)18(2)11-13-5-9-17-10-6-13/h5-6,9-10,14,16,19H,3-4,7-8,11-12H2,1-2H3. The van der Waals surface area contributed by atoms with E-state index in [4.69, 9.17) is 0 Å². The lowest BCUT2D eigenvalue weighted by molar-refractivity contribution is -0.0155. The predicted octanol–water partition coefficient (Wildman–Crippen LogP) is 1.41. The van der Waals surface area contributed by atoms with Gasteiger partial charge in [-0.25, -0.2) is 0 Å². The summed E-state index contributed by atoms with van der Waals surface area (Å²) in [5.41, 5.74) is 0.802. The fraction of sp³-hybridized carbons (Fsp3) is 0.667. The zero-order chi connectivity index (χ0) is 13.7. The number of pyridine rings is 1. The van der Waals surface area contributed by atoms with Crippen LogP contribution in [0.5, 0.6) is 0 Å². The molecular formula is C15H25N3O. The first-order chi connectivity index (χ1) is 9.13. The van der Waals surface area contributed by atoms with Gasteiger partial charge in [-0.05, 0) is 57.5 Å². The van der Waals surface area contributed by atoms with Crippen LogP contribution in [-0.2, 0) is 6.54 Å². The van der Waals surface area contributed by atoms with E-state index in [1.54, 1.807) is 0 Å². The lowest BCUT2D eigenvalue weighted by Crippen LogP contribution is -2.46. The fourth-order valence-electron chi connectivity index (χ4n) is 2.99. The van der Waals surface area contributed by atoms with Gasteiger partial charge >= 0.3 is 0 Å². The topological polar surface area (TPSA) is 48.4 Å². The number of nitrogens with one attached hydrogen (secondary N) is 1. The van der Waals surface area contributed by atoms with Gasteiger partial charge in [0, 0.05) is 31.5 Å². The summed E-state index contributed by atoms with van der Waals surface area (Å²) in [6.07, 6.45) is 7.60. The van der Waals surface area contributed by atoms with Crippen molar-refractivity contribution >= 4 is 0 Å². The van der Waals surface area contributed by atoms with Crippen molar-refractivity contribution in [3.63, 3.8) is 0 Å². The van der Waals surface area contributed by atoms with Gasteiger partial charge in [0.25, 0.3) is 0 Å². The monoisotopic (exact) mass is 263 g/mol. The summed E-state index contributed by atoms with van der Waals surface area (Å²) in [5.74, 6) is 0. The van der Waals surface area contributed by atoms with Crippen LogP contribution < -0.4 is 5.32 Å². The molecule has 0 radical (unpaired) electrons. The second-order valence-corrected chi connectivity index (χ2v) is 5.76. The summed E-state index contributed by atoms with van der Waals surface area (Å²) >= 11 is 0. The Morgan fingerprint density at radius 1 is 1.37 bits per heavy atom. The van der Waals surface area contributed by atoms with E-state index in [9.17, 15) is 5.11 Å². The number of hydrogen-bond acceptors (Lipinski definition) is 4. The molecule has 0 saturated heterocycles. The van der Waals surface area contributed by atoms with Crippen LogP contribution in [0, 0.1) is 0 Å². The molecule has 2 rings (SSSR count). The predicted molar refractivity (Wildman–Crippen MR) is 76.8 cm³/mol. The highest BCUT2D eigenvalue weighted by atomic mass is 16.3. The van der Waals surface area contributed by atoms with Crippen LogP contribution in [0.1, 0.15) is 31.2 Å². The largest absolute Gasteiger partial charge is 0.389 e. The first-order valence-corrected chi connectivity index (χ1v) is 7.09. The van der Waals surface area contributed by atoms with E-state index in [0.717, 1.165) is 32.2 Å². The molecule has 4 heteroatoms. The maximum absolute atomic E-state index is 10.4. The average Bonchev–Trinajstić information content (AvgIpc) is 2.40. The van der Waals surface area contributed by atoms with Gasteiger partial charge in [0.2, 0.25) is 0 Å². The normalized spacial score (nSPS) is 27.7. The van der Waals surface area contributed by atoms with E-state index in [-0.39, 0.29) is 0 Å². The van der Waals surface area contributed by atoms with E-state index in [2.05, 4.69) is 34.4 Å². The minimum atomic E-state index is -0.497. The number of aliphatic hydroxyl groups is 1. The van der Waals surface area contributed by atoms with Gasteiger partial charge in [0.1, 0.15) is 0 Å². The Hall–Kier alpha value is -0.970. The Labute approximate surface area is 115 Å². The number of rotatable bonds is 5. The van der Waals surface area contributed by atoms with Crippen molar-refractivity contribution in [3.05, 3.63) is 30.1 Å². The minimum Gasteiger partial charge on any atom is -0.389 e. The highest BCUT2D eigenvalue weighted by Crippen LogP contribution is 2.30. The van der Waals surface area contributed by atoms with Crippen molar-refractivity contribution in [3.8, 4) is 0 Å². The quantitative estimate of drug-likeness (QED) is 0.843. The first kappa shape index (κ1) is 14.4. The van der Waals surface area contributed by atoms with Gasteiger partial charge in [-0.15, -0.1) is 0 Å². The van der Waals surface area contributed by atoms with Gasteiger partial charge in [-0.1, -0.05) is 0 Å². The Balaban J connectivity index is 1.84. The van der Waals surface area contributed by atoms with Crippen molar-refractivity contribution < 1.29 is 5.11 Å². The smallest absolute Gasteiger partial charge is 0.0772 e. The summed E-state index contributed by atoms with van der Waals surface area (Å²) < 4.78 is 0. The molecule has 19 heavy (non-hydrogen) atoms. The third-order valence-electron chi connectivity index (χ3n) is 4.20. The Bertz CT molecular complexity index is 374. The highest BCUT2D eigenvalue weighted by molar-refractivity contribution is 5.09. The number of nitrogens with zero attached hydrogens (tertiary/aromatic N) is 2. The van der Waals surface area contributed by atoms with Crippen LogP contribution in [0.25, 0.3) is 0 Å². The molecule has 1 aliphatic rings. The van der Waals surface area contributed by atoms with Crippen molar-refractivity contribution in [2.75, 3.05) is 20.6 Å². The third-order valence-corrected chi connectivity index (χ3v) is 4.20. The van der Waals surface area contributed by atoms with Gasteiger partial charge in [0.15, 0.2) is 0 Å². The lowest BCUT2D eigenvalue weighted by Gasteiger charge is -2.39. The maximum atomic E-state index is 10.4. The summed E-state index contributed by atoms with van der Waals surface area (Å²) in [7, 11) is 4.08. The van der Waals surface area contributed by atoms with Crippen molar-refractivity contribution in [2.45, 2.75) is 43.9 Å². The molecular weight excluding hydrogens is 238 g/mol. The van der Waals surface area contributed by atoms with Gasteiger partial charge in [-0.2, -0.15) is 0 Å². The number of aromatic nitrogens is 1. The average molecular weight is 263 g/mol. The minimum absolute atomic E-state index is 0.497. The summed E-state index contributed by atoms with van der Waals surface area (Å²) in [6.45, 7) is 1.66. The maximum Gasteiger partial charge on any atom is 0.0772 e. The zero-order valence-corrected chi connectivity index (χ0v) is 12.0. The number of likely N-dealkylation sites (N-methyl/N-ethyl adjacent to an activating group) is 1. The van der Waals surface area contributed by atoms with Gasteiger partial charge in [0.05, 0.1) is 5.60 Å². The molecule has 1 aromatic heterocycles. The van der Waals surface area contributed by atoms with Crippen LogP contribution in [-0.4, -0.2) is 47.3 Å². The summed E-state index contributed by atoms with van der Waals surface area (Å²) in [5, 5.41) is 13.5. The molecule has 0 aromatic carbocycles. The van der Waals surface area contributed by atoms with Gasteiger partial charge < -0.3 is 10.4 Å². The van der Waals surface area contributed by atoms with Crippen LogP contribution in [0.2, 0.25) is 0 Å². The Morgan fingerprint density at radius 2 is 2.00 bits per heavy atom. The number of hydrogen-bond donors (Lipinski definition) is 2. The molecule has 1 fully saturated rings. The highest BCUT2D eigenvalue weighted by Gasteiger charge is 2.33. The molecule has 0 spiro atoms. The zero-order valence-electron chi connectivity index (χ0n) is 12.0. The Kier molecular flexibility index (Phi) is 4.91. The lowest BCUT2D eigenvalue weighted by atomic mass is 9.81. The molecule has 0 aliphatic heterocycles. The molecule has 106 valence electrons. The van der Waals surface area contributed by atoms with Crippen LogP contribution >= 0.6 is 0 Å². The van der Waals surface area contributed by atoms with E-state index >= 15 is 0 Å². The van der Waals surface area contributed by atoms with Crippen LogP contribution in [0.15, 0.2) is 24.5 Å². The summed E-state index contributed by atoms with van der Waals surface area (Å²) in [4.78, 5) is 6.44. The van der Waals surface area contributed by atoms with Gasteiger partial charge in [-0.3, -0.25) is 9.88 Å². The summed E-state index contributed by atoms with van der Waals surface area (Å²) in [6, 6.07) is 4.71. The molecule has 1 heterocycles. The third kappa shape index (κ3) is 4.00. The molecule has 0 atom stereocenters. The molecule has 1 aromatic rings. The molecule has 1 aliphatic carbocycles. The molecule has 0 amide bonds. The van der Waals surface area contributed by atoms with E-state index in [1.165, 1.54) is 5.56 Å². The first-order valence-electron chi connectivity index (χ1n) is 7.09. The second kappa shape index (κ2) is 6.46. The van der Waals surface area contributed by atoms with Crippen LogP contribution in [0.3, 0.4) is 0 Å². The van der Waals surface area contributed by atoms with Crippen molar-refractivity contribution in [1.82, 2.24) is 15.2 Å². The van der Waals surface area contributed by atoms with Crippen LogP contribution in [0.4, 0.5) is 0 Å². The molecule has 4 nitrogen and oxygen atoms in total. The molecule has 1 saturated carbocycles. The molecule has 0 unspecified atom stereocenters. The van der Waals surface area contributed by atoms with E-state index in [0.29, 0.717) is 12.6 Å². The fourth-order valence-corrected chi connectivity index (χ4v) is 2.99. The van der Waals surface area contributed by atoms with Crippen molar-refractivity contribution in [2.24, 2.45) is 0 Å². The van der Waals surface area contributed by atoms with Crippen molar-refractivity contribution in [1.29, 1.82) is 0 Å².